The highest BCUT2D eigenvalue weighted by atomic mass is 35.5. The fourth-order valence-corrected chi connectivity index (χ4v) is 4.92. The molecule has 1 N–H and O–H groups in total. The molecule has 3 heterocycles. The number of sulfonamides is 1. The Morgan fingerprint density at radius 3 is 2.67 bits per heavy atom. The number of piperidine rings is 1. The van der Waals surface area contributed by atoms with Crippen LogP contribution in [-0.4, -0.2) is 47.3 Å². The zero-order valence-electron chi connectivity index (χ0n) is 13.5. The van der Waals surface area contributed by atoms with E-state index in [4.69, 9.17) is 11.6 Å². The second kappa shape index (κ2) is 6.66. The number of rotatable bonds is 4. The third kappa shape index (κ3) is 3.38. The molecule has 1 aliphatic heterocycles. The summed E-state index contributed by atoms with van der Waals surface area (Å²) >= 11 is 6.09. The monoisotopic (exact) mass is 370 g/mol. The smallest absolute Gasteiger partial charge is 0.245 e. The highest BCUT2D eigenvalue weighted by Crippen LogP contribution is 2.25. The number of aryl methyl sites for hydroxylation is 2. The molecule has 1 unspecified atom stereocenters. The SMILES string of the molecule is Cc1nn(C)c(Cl)c1S(=O)(=O)NC1CCCN(c2ncccn2)C1. The minimum atomic E-state index is -3.74. The van der Waals surface area contributed by atoms with Crippen LogP contribution in [0.5, 0.6) is 0 Å². The lowest BCUT2D eigenvalue weighted by Gasteiger charge is -2.32. The lowest BCUT2D eigenvalue weighted by atomic mass is 10.1. The van der Waals surface area contributed by atoms with Gasteiger partial charge in [-0.05, 0) is 25.8 Å². The van der Waals surface area contributed by atoms with E-state index in [0.29, 0.717) is 18.2 Å². The van der Waals surface area contributed by atoms with Crippen LogP contribution in [0.2, 0.25) is 5.15 Å². The van der Waals surface area contributed by atoms with Gasteiger partial charge in [-0.3, -0.25) is 4.68 Å². The van der Waals surface area contributed by atoms with Crippen LogP contribution in [0, 0.1) is 6.92 Å². The van der Waals surface area contributed by atoms with Gasteiger partial charge >= 0.3 is 0 Å². The maximum Gasteiger partial charge on any atom is 0.245 e. The molecule has 0 aliphatic carbocycles. The van der Waals surface area contributed by atoms with Gasteiger partial charge in [0.1, 0.15) is 10.0 Å². The summed E-state index contributed by atoms with van der Waals surface area (Å²) in [5.74, 6) is 0.608. The first-order valence-corrected chi connectivity index (χ1v) is 9.48. The summed E-state index contributed by atoms with van der Waals surface area (Å²) in [5, 5.41) is 4.18. The summed E-state index contributed by atoms with van der Waals surface area (Å²) in [6, 6.07) is 1.52. The Labute approximate surface area is 145 Å². The third-order valence-electron chi connectivity index (χ3n) is 3.95. The fraction of sp³-hybridized carbons (Fsp3) is 0.500. The molecule has 1 atom stereocenters. The summed E-state index contributed by atoms with van der Waals surface area (Å²) < 4.78 is 29.5. The van der Waals surface area contributed by atoms with Crippen molar-refractivity contribution in [2.45, 2.75) is 30.7 Å². The van der Waals surface area contributed by atoms with E-state index in [1.54, 1.807) is 32.4 Å². The standard InChI is InChI=1S/C14H19ClN6O2S/c1-10-12(13(15)20(2)18-10)24(22,23)19-11-5-3-8-21(9-11)14-16-6-4-7-17-14/h4,6-7,11,19H,3,5,8-9H2,1-2H3. The molecule has 0 radical (unpaired) electrons. The van der Waals surface area contributed by atoms with Crippen LogP contribution in [0.1, 0.15) is 18.5 Å². The van der Waals surface area contributed by atoms with Crippen molar-refractivity contribution in [3.05, 3.63) is 29.3 Å². The summed E-state index contributed by atoms with van der Waals surface area (Å²) in [6.07, 6.45) is 4.95. The number of hydrogen-bond donors (Lipinski definition) is 1. The second-order valence-corrected chi connectivity index (χ2v) is 7.79. The van der Waals surface area contributed by atoms with Gasteiger partial charge in [-0.25, -0.2) is 23.1 Å². The molecule has 0 amide bonds. The Kier molecular flexibility index (Phi) is 4.75. The first kappa shape index (κ1) is 17.1. The number of nitrogens with zero attached hydrogens (tertiary/aromatic N) is 5. The molecule has 10 heteroatoms. The van der Waals surface area contributed by atoms with Crippen molar-refractivity contribution in [3.63, 3.8) is 0 Å². The average Bonchev–Trinajstić information content (AvgIpc) is 2.81. The van der Waals surface area contributed by atoms with Gasteiger partial charge < -0.3 is 4.90 Å². The van der Waals surface area contributed by atoms with Crippen LogP contribution >= 0.6 is 11.6 Å². The number of aromatic nitrogens is 4. The van der Waals surface area contributed by atoms with Crippen LogP contribution in [0.25, 0.3) is 0 Å². The normalized spacial score (nSPS) is 18.8. The van der Waals surface area contributed by atoms with Crippen molar-refractivity contribution in [3.8, 4) is 0 Å². The molecule has 1 saturated heterocycles. The maximum absolute atomic E-state index is 12.7. The zero-order chi connectivity index (χ0) is 17.3. The summed E-state index contributed by atoms with van der Waals surface area (Å²) in [6.45, 7) is 2.94. The highest BCUT2D eigenvalue weighted by molar-refractivity contribution is 7.89. The Morgan fingerprint density at radius 2 is 2.04 bits per heavy atom. The fourth-order valence-electron chi connectivity index (χ4n) is 2.90. The number of anilines is 1. The van der Waals surface area contributed by atoms with E-state index in [1.807, 2.05) is 4.90 Å². The van der Waals surface area contributed by atoms with Gasteiger partial charge in [0.25, 0.3) is 0 Å². The van der Waals surface area contributed by atoms with Gasteiger partial charge in [-0.2, -0.15) is 5.10 Å². The molecule has 8 nitrogen and oxygen atoms in total. The molecule has 2 aromatic heterocycles. The van der Waals surface area contributed by atoms with Crippen LogP contribution in [-0.2, 0) is 17.1 Å². The van der Waals surface area contributed by atoms with Gasteiger partial charge in [-0.15, -0.1) is 0 Å². The molecule has 130 valence electrons. The Hall–Kier alpha value is -1.71. The Morgan fingerprint density at radius 1 is 1.33 bits per heavy atom. The van der Waals surface area contributed by atoms with E-state index in [1.165, 1.54) is 4.68 Å². The van der Waals surface area contributed by atoms with Crippen molar-refractivity contribution in [1.29, 1.82) is 0 Å². The first-order valence-electron chi connectivity index (χ1n) is 7.62. The van der Waals surface area contributed by atoms with Gasteiger partial charge in [0.15, 0.2) is 0 Å². The summed E-state index contributed by atoms with van der Waals surface area (Å²) in [5.41, 5.74) is 0.383. The summed E-state index contributed by atoms with van der Waals surface area (Å²) in [4.78, 5) is 10.5. The van der Waals surface area contributed by atoms with E-state index in [9.17, 15) is 8.42 Å². The maximum atomic E-state index is 12.7. The minimum Gasteiger partial charge on any atom is -0.339 e. The molecule has 3 rings (SSSR count). The van der Waals surface area contributed by atoms with Crippen LogP contribution in [0.4, 0.5) is 5.95 Å². The van der Waals surface area contributed by atoms with Gasteiger partial charge in [0, 0.05) is 38.6 Å². The zero-order valence-corrected chi connectivity index (χ0v) is 15.0. The van der Waals surface area contributed by atoms with Crippen molar-refractivity contribution in [2.75, 3.05) is 18.0 Å². The molecular formula is C14H19ClN6O2S. The van der Waals surface area contributed by atoms with Crippen LogP contribution < -0.4 is 9.62 Å². The van der Waals surface area contributed by atoms with Gasteiger partial charge in [0.05, 0.1) is 5.69 Å². The average molecular weight is 371 g/mol. The molecule has 24 heavy (non-hydrogen) atoms. The molecule has 2 aromatic rings. The third-order valence-corrected chi connectivity index (χ3v) is 6.16. The van der Waals surface area contributed by atoms with Crippen LogP contribution in [0.15, 0.2) is 23.4 Å². The van der Waals surface area contributed by atoms with Crippen LogP contribution in [0.3, 0.4) is 0 Å². The van der Waals surface area contributed by atoms with Gasteiger partial charge in [0.2, 0.25) is 16.0 Å². The van der Waals surface area contributed by atoms with Gasteiger partial charge in [-0.1, -0.05) is 11.6 Å². The lowest BCUT2D eigenvalue weighted by molar-refractivity contribution is 0.461. The van der Waals surface area contributed by atoms with Crippen molar-refractivity contribution in [1.82, 2.24) is 24.5 Å². The molecule has 0 spiro atoms. The minimum absolute atomic E-state index is 0.0414. The predicted octanol–water partition coefficient (Wildman–Crippen LogP) is 1.12. The van der Waals surface area contributed by atoms with Crippen molar-refractivity contribution < 1.29 is 8.42 Å². The number of halogens is 1. The quantitative estimate of drug-likeness (QED) is 0.866. The molecule has 0 bridgehead atoms. The highest BCUT2D eigenvalue weighted by Gasteiger charge is 2.30. The Bertz CT molecular complexity index is 823. The van der Waals surface area contributed by atoms with Crippen molar-refractivity contribution >= 4 is 27.6 Å². The largest absolute Gasteiger partial charge is 0.339 e. The second-order valence-electron chi connectivity index (χ2n) is 5.78. The molecule has 1 fully saturated rings. The van der Waals surface area contributed by atoms with E-state index < -0.39 is 10.0 Å². The van der Waals surface area contributed by atoms with E-state index in [-0.39, 0.29) is 16.1 Å². The predicted molar refractivity (Wildman–Crippen MR) is 90.5 cm³/mol. The molecular weight excluding hydrogens is 352 g/mol. The molecule has 1 aliphatic rings. The molecule has 0 aromatic carbocycles. The Balaban J connectivity index is 1.78. The van der Waals surface area contributed by atoms with Crippen molar-refractivity contribution in [2.24, 2.45) is 7.05 Å². The number of hydrogen-bond acceptors (Lipinski definition) is 6. The lowest BCUT2D eigenvalue weighted by Crippen LogP contribution is -2.48. The molecule has 0 saturated carbocycles. The van der Waals surface area contributed by atoms with E-state index in [0.717, 1.165) is 19.4 Å². The topological polar surface area (TPSA) is 93.0 Å². The first-order chi connectivity index (χ1) is 11.4. The summed E-state index contributed by atoms with van der Waals surface area (Å²) in [7, 11) is -2.12. The number of nitrogens with one attached hydrogen (secondary N) is 1. The van der Waals surface area contributed by atoms with E-state index in [2.05, 4.69) is 19.8 Å². The van der Waals surface area contributed by atoms with E-state index >= 15 is 0 Å².